The van der Waals surface area contributed by atoms with E-state index < -0.39 is 0 Å². The molecule has 0 radical (unpaired) electrons. The summed E-state index contributed by atoms with van der Waals surface area (Å²) in [7, 11) is 0. The Morgan fingerprint density at radius 3 is 2.77 bits per heavy atom. The van der Waals surface area contributed by atoms with Crippen LogP contribution in [0.4, 0.5) is 4.39 Å². The molecule has 0 aliphatic carbocycles. The van der Waals surface area contributed by atoms with Crippen molar-refractivity contribution in [2.24, 2.45) is 4.99 Å². The van der Waals surface area contributed by atoms with Gasteiger partial charge in [-0.2, -0.15) is 0 Å². The van der Waals surface area contributed by atoms with Gasteiger partial charge in [-0.15, -0.1) is 35.3 Å². The zero-order valence-electron chi connectivity index (χ0n) is 16.9. The Morgan fingerprint density at radius 1 is 1.23 bits per heavy atom. The summed E-state index contributed by atoms with van der Waals surface area (Å²) in [6, 6.07) is 9.62. The number of halogens is 2. The van der Waals surface area contributed by atoms with E-state index in [0.717, 1.165) is 41.7 Å². The fourth-order valence-corrected chi connectivity index (χ4v) is 3.21. The van der Waals surface area contributed by atoms with Crippen molar-refractivity contribution in [2.45, 2.75) is 26.8 Å². The van der Waals surface area contributed by atoms with Gasteiger partial charge in [0.25, 0.3) is 0 Å². The maximum Gasteiger partial charge on any atom is 0.219 e. The normalized spacial score (nSPS) is 11.0. The number of aromatic nitrogens is 2. The molecule has 0 unspecified atom stereocenters. The highest BCUT2D eigenvalue weighted by Crippen LogP contribution is 2.20. The Hall–Kier alpha value is -2.27. The molecule has 1 aromatic carbocycles. The third-order valence-electron chi connectivity index (χ3n) is 3.92. The van der Waals surface area contributed by atoms with Crippen LogP contribution in [0.1, 0.15) is 23.2 Å². The summed E-state index contributed by atoms with van der Waals surface area (Å²) in [5.74, 6) is 1.23. The molecule has 2 aromatic heterocycles. The van der Waals surface area contributed by atoms with Crippen molar-refractivity contribution in [1.82, 2.24) is 20.6 Å². The number of aliphatic imine (C=N–C) groups is 1. The van der Waals surface area contributed by atoms with Crippen LogP contribution in [-0.4, -0.2) is 29.0 Å². The molecule has 9 heteroatoms. The number of aryl methyl sites for hydroxylation is 1. The molecule has 3 aromatic rings. The van der Waals surface area contributed by atoms with E-state index in [1.165, 1.54) is 12.1 Å². The summed E-state index contributed by atoms with van der Waals surface area (Å²) < 4.78 is 18.8. The maximum absolute atomic E-state index is 13.2. The molecule has 0 aliphatic heterocycles. The lowest BCUT2D eigenvalue weighted by molar-refractivity contribution is 0.457. The lowest BCUT2D eigenvalue weighted by atomic mass is 10.3. The van der Waals surface area contributed by atoms with Crippen LogP contribution in [0.15, 0.2) is 53.0 Å². The van der Waals surface area contributed by atoms with E-state index in [-0.39, 0.29) is 29.8 Å². The number of benzene rings is 1. The van der Waals surface area contributed by atoms with Gasteiger partial charge in [-0.05, 0) is 31.5 Å². The zero-order valence-corrected chi connectivity index (χ0v) is 20.0. The van der Waals surface area contributed by atoms with Gasteiger partial charge in [0.1, 0.15) is 11.6 Å². The molecule has 3 rings (SSSR count). The quantitative estimate of drug-likeness (QED) is 0.246. The van der Waals surface area contributed by atoms with Crippen molar-refractivity contribution in [2.75, 3.05) is 13.1 Å². The van der Waals surface area contributed by atoms with Gasteiger partial charge in [0.15, 0.2) is 5.96 Å². The van der Waals surface area contributed by atoms with Gasteiger partial charge < -0.3 is 15.4 Å². The minimum absolute atomic E-state index is 0. The third kappa shape index (κ3) is 7.86. The fourth-order valence-electron chi connectivity index (χ4n) is 2.56. The third-order valence-corrected chi connectivity index (χ3v) is 4.74. The monoisotopic (exact) mass is 541 g/mol. The van der Waals surface area contributed by atoms with Crippen molar-refractivity contribution < 1.29 is 9.13 Å². The lowest BCUT2D eigenvalue weighted by Crippen LogP contribution is -2.38. The highest BCUT2D eigenvalue weighted by atomic mass is 127. The Kier molecular flexibility index (Phi) is 9.95. The number of hydrogen-bond acceptors (Lipinski definition) is 5. The highest BCUT2D eigenvalue weighted by molar-refractivity contribution is 14.0. The number of nitrogens with one attached hydrogen (secondary N) is 2. The van der Waals surface area contributed by atoms with Crippen molar-refractivity contribution >= 4 is 41.3 Å². The van der Waals surface area contributed by atoms with Gasteiger partial charge in [0, 0.05) is 43.2 Å². The SMILES string of the molecule is CCNC(=NCc1ccc(Oc2cccc(F)c2)nc1)NCCc1csc(C)n1.I. The average Bonchev–Trinajstić information content (AvgIpc) is 3.12. The van der Waals surface area contributed by atoms with Crippen molar-refractivity contribution in [3.8, 4) is 11.6 Å². The van der Waals surface area contributed by atoms with Gasteiger partial charge in [-0.25, -0.2) is 19.4 Å². The van der Waals surface area contributed by atoms with Gasteiger partial charge in [0.05, 0.1) is 17.2 Å². The molecule has 2 heterocycles. The maximum atomic E-state index is 13.2. The second-order valence-corrected chi connectivity index (χ2v) is 7.36. The Labute approximate surface area is 197 Å². The average molecular weight is 541 g/mol. The van der Waals surface area contributed by atoms with Crippen LogP contribution in [-0.2, 0) is 13.0 Å². The van der Waals surface area contributed by atoms with Crippen molar-refractivity contribution in [3.05, 3.63) is 70.1 Å². The van der Waals surface area contributed by atoms with Crippen LogP contribution < -0.4 is 15.4 Å². The largest absolute Gasteiger partial charge is 0.439 e. The standard InChI is InChI=1S/C21H24FN5OS.HI/c1-3-23-21(24-10-9-18-14-29-15(2)27-18)26-13-16-7-8-20(25-12-16)28-19-6-4-5-17(22)11-19;/h4-8,11-12,14H,3,9-10,13H2,1-2H3,(H2,23,24,26);1H. The fraction of sp³-hybridized carbons (Fsp3) is 0.286. The van der Waals surface area contributed by atoms with Gasteiger partial charge >= 0.3 is 0 Å². The molecule has 0 atom stereocenters. The molecule has 6 nitrogen and oxygen atoms in total. The first-order chi connectivity index (χ1) is 14.1. The molecule has 160 valence electrons. The van der Waals surface area contributed by atoms with Crippen LogP contribution in [0, 0.1) is 12.7 Å². The smallest absolute Gasteiger partial charge is 0.219 e. The number of ether oxygens (including phenoxy) is 1. The predicted octanol–water partition coefficient (Wildman–Crippen LogP) is 4.69. The summed E-state index contributed by atoms with van der Waals surface area (Å²) >= 11 is 1.66. The molecule has 0 amide bonds. The Bertz CT molecular complexity index is 949. The van der Waals surface area contributed by atoms with Crippen LogP contribution in [0.5, 0.6) is 11.6 Å². The van der Waals surface area contributed by atoms with Crippen LogP contribution >= 0.6 is 35.3 Å². The van der Waals surface area contributed by atoms with E-state index in [1.54, 1.807) is 35.7 Å². The summed E-state index contributed by atoms with van der Waals surface area (Å²) in [6.07, 6.45) is 2.56. The van der Waals surface area contributed by atoms with Gasteiger partial charge in [-0.3, -0.25) is 0 Å². The van der Waals surface area contributed by atoms with Crippen molar-refractivity contribution in [1.29, 1.82) is 0 Å². The zero-order chi connectivity index (χ0) is 20.5. The molecule has 0 saturated heterocycles. The van der Waals surface area contributed by atoms with Gasteiger partial charge in [-0.1, -0.05) is 12.1 Å². The topological polar surface area (TPSA) is 71.4 Å². The first kappa shape index (κ1) is 24.0. The second-order valence-electron chi connectivity index (χ2n) is 6.29. The Balaban J connectivity index is 0.00000320. The van der Waals surface area contributed by atoms with E-state index in [2.05, 4.69) is 31.0 Å². The van der Waals surface area contributed by atoms with Crippen LogP contribution in [0.25, 0.3) is 0 Å². The van der Waals surface area contributed by atoms with Crippen LogP contribution in [0.3, 0.4) is 0 Å². The molecular weight excluding hydrogens is 516 g/mol. The Morgan fingerprint density at radius 2 is 2.10 bits per heavy atom. The lowest BCUT2D eigenvalue weighted by Gasteiger charge is -2.11. The van der Waals surface area contributed by atoms with E-state index in [4.69, 9.17) is 4.74 Å². The number of pyridine rings is 1. The van der Waals surface area contributed by atoms with E-state index in [0.29, 0.717) is 18.2 Å². The van der Waals surface area contributed by atoms with Crippen LogP contribution in [0.2, 0.25) is 0 Å². The first-order valence-corrected chi connectivity index (χ1v) is 10.3. The summed E-state index contributed by atoms with van der Waals surface area (Å²) in [6.45, 7) is 6.06. The summed E-state index contributed by atoms with van der Waals surface area (Å²) in [5.41, 5.74) is 2.04. The number of rotatable bonds is 8. The molecule has 2 N–H and O–H groups in total. The van der Waals surface area contributed by atoms with Gasteiger partial charge in [0.2, 0.25) is 5.88 Å². The van der Waals surface area contributed by atoms with E-state index >= 15 is 0 Å². The van der Waals surface area contributed by atoms with E-state index in [1.807, 2.05) is 19.9 Å². The van der Waals surface area contributed by atoms with E-state index in [9.17, 15) is 4.39 Å². The second kappa shape index (κ2) is 12.4. The van der Waals surface area contributed by atoms with Crippen molar-refractivity contribution in [3.63, 3.8) is 0 Å². The minimum Gasteiger partial charge on any atom is -0.439 e. The predicted molar refractivity (Wildman–Crippen MR) is 129 cm³/mol. The molecule has 0 fully saturated rings. The number of hydrogen-bond donors (Lipinski definition) is 2. The first-order valence-electron chi connectivity index (χ1n) is 9.44. The number of thiazole rings is 1. The molecule has 0 saturated carbocycles. The molecule has 0 aliphatic rings. The molecular formula is C21H25FIN5OS. The minimum atomic E-state index is -0.346. The number of nitrogens with zero attached hydrogens (tertiary/aromatic N) is 3. The summed E-state index contributed by atoms with van der Waals surface area (Å²) in [4.78, 5) is 13.3. The summed E-state index contributed by atoms with van der Waals surface area (Å²) in [5, 5.41) is 9.72. The molecule has 0 spiro atoms. The number of guanidine groups is 1. The highest BCUT2D eigenvalue weighted by Gasteiger charge is 2.03. The molecule has 0 bridgehead atoms. The molecule has 30 heavy (non-hydrogen) atoms.